The number of methoxy groups -OCH3 is 1. The Labute approximate surface area is 69.4 Å². The second kappa shape index (κ2) is 2.79. The maximum atomic E-state index is 5.05. The number of nitrogens with one attached hydrogen (secondary N) is 1. The minimum Gasteiger partial charge on any atom is -0.473 e. The molecule has 0 aliphatic carbocycles. The van der Waals surface area contributed by atoms with Crippen LogP contribution in [0.2, 0.25) is 0 Å². The summed E-state index contributed by atoms with van der Waals surface area (Å²) >= 11 is 1.64. The van der Waals surface area contributed by atoms with Gasteiger partial charge in [0.05, 0.1) is 12.8 Å². The van der Waals surface area contributed by atoms with Gasteiger partial charge in [0.15, 0.2) is 0 Å². The van der Waals surface area contributed by atoms with Crippen LogP contribution in [-0.2, 0) is 13.0 Å². The van der Waals surface area contributed by atoms with E-state index in [1.54, 1.807) is 18.4 Å². The van der Waals surface area contributed by atoms with Crippen molar-refractivity contribution < 1.29 is 4.74 Å². The van der Waals surface area contributed by atoms with Crippen molar-refractivity contribution in [2.75, 3.05) is 13.7 Å². The van der Waals surface area contributed by atoms with Gasteiger partial charge in [-0.05, 0) is 0 Å². The minimum atomic E-state index is 0.790. The van der Waals surface area contributed by atoms with Gasteiger partial charge in [-0.2, -0.15) is 0 Å². The van der Waals surface area contributed by atoms with Crippen LogP contribution in [0.4, 0.5) is 0 Å². The highest BCUT2D eigenvalue weighted by Crippen LogP contribution is 2.26. The molecule has 2 heterocycles. The SMILES string of the molecule is COc1nc2c(s1)CNCC2. The van der Waals surface area contributed by atoms with E-state index in [-0.39, 0.29) is 0 Å². The van der Waals surface area contributed by atoms with E-state index in [1.807, 2.05) is 0 Å². The summed E-state index contributed by atoms with van der Waals surface area (Å²) in [5.74, 6) is 0. The molecule has 0 atom stereocenters. The Morgan fingerprint density at radius 1 is 1.64 bits per heavy atom. The summed E-state index contributed by atoms with van der Waals surface area (Å²) in [6.45, 7) is 2.00. The van der Waals surface area contributed by atoms with Gasteiger partial charge < -0.3 is 10.1 Å². The lowest BCUT2D eigenvalue weighted by molar-refractivity contribution is 0.410. The molecular formula is C7H10N2OS. The number of thiazole rings is 1. The van der Waals surface area contributed by atoms with Gasteiger partial charge in [0.2, 0.25) is 0 Å². The molecule has 1 aromatic rings. The van der Waals surface area contributed by atoms with Gasteiger partial charge in [0.25, 0.3) is 5.19 Å². The normalized spacial score (nSPS) is 16.1. The predicted octanol–water partition coefficient (Wildman–Crippen LogP) is 0.797. The molecule has 4 heteroatoms. The molecule has 0 radical (unpaired) electrons. The Bertz CT molecular complexity index is 235. The topological polar surface area (TPSA) is 34.1 Å². The number of rotatable bonds is 1. The summed E-state index contributed by atoms with van der Waals surface area (Å²) < 4.78 is 5.05. The molecular weight excluding hydrogens is 160 g/mol. The van der Waals surface area contributed by atoms with Crippen LogP contribution in [0.3, 0.4) is 0 Å². The molecule has 60 valence electrons. The van der Waals surface area contributed by atoms with Gasteiger partial charge in [-0.25, -0.2) is 4.98 Å². The second-order valence-corrected chi connectivity index (χ2v) is 3.53. The predicted molar refractivity (Wildman–Crippen MR) is 44.1 cm³/mol. The molecule has 0 saturated heterocycles. The van der Waals surface area contributed by atoms with E-state index in [2.05, 4.69) is 10.3 Å². The van der Waals surface area contributed by atoms with Gasteiger partial charge >= 0.3 is 0 Å². The van der Waals surface area contributed by atoms with E-state index in [9.17, 15) is 0 Å². The van der Waals surface area contributed by atoms with E-state index < -0.39 is 0 Å². The van der Waals surface area contributed by atoms with Crippen molar-refractivity contribution in [3.8, 4) is 5.19 Å². The van der Waals surface area contributed by atoms with Crippen LogP contribution < -0.4 is 10.1 Å². The van der Waals surface area contributed by atoms with E-state index in [1.165, 1.54) is 10.6 Å². The largest absolute Gasteiger partial charge is 0.473 e. The molecule has 0 fully saturated rings. The zero-order valence-corrected chi connectivity index (χ0v) is 7.20. The van der Waals surface area contributed by atoms with Crippen LogP contribution >= 0.6 is 11.3 Å². The van der Waals surface area contributed by atoms with E-state index in [4.69, 9.17) is 4.74 Å². The molecule has 0 saturated carbocycles. The third kappa shape index (κ3) is 1.23. The summed E-state index contributed by atoms with van der Waals surface area (Å²) in [5.41, 5.74) is 1.21. The molecule has 0 aromatic carbocycles. The summed E-state index contributed by atoms with van der Waals surface area (Å²) in [4.78, 5) is 5.65. The monoisotopic (exact) mass is 170 g/mol. The van der Waals surface area contributed by atoms with E-state index in [0.29, 0.717) is 0 Å². The van der Waals surface area contributed by atoms with Crippen molar-refractivity contribution in [2.24, 2.45) is 0 Å². The molecule has 1 N–H and O–H groups in total. The van der Waals surface area contributed by atoms with Gasteiger partial charge in [-0.1, -0.05) is 11.3 Å². The number of ether oxygens (including phenoxy) is 1. The molecule has 1 aliphatic heterocycles. The Morgan fingerprint density at radius 3 is 3.27 bits per heavy atom. The Balaban J connectivity index is 2.32. The minimum absolute atomic E-state index is 0.790. The molecule has 3 nitrogen and oxygen atoms in total. The first kappa shape index (κ1) is 7.06. The smallest absolute Gasteiger partial charge is 0.273 e. The van der Waals surface area contributed by atoms with Crippen molar-refractivity contribution in [1.82, 2.24) is 10.3 Å². The summed E-state index contributed by atoms with van der Waals surface area (Å²) in [7, 11) is 1.66. The molecule has 0 amide bonds. The highest BCUT2D eigenvalue weighted by atomic mass is 32.1. The van der Waals surface area contributed by atoms with Crippen molar-refractivity contribution in [3.63, 3.8) is 0 Å². The van der Waals surface area contributed by atoms with E-state index >= 15 is 0 Å². The number of aromatic nitrogens is 1. The third-order valence-corrected chi connectivity index (χ3v) is 2.82. The van der Waals surface area contributed by atoms with Gasteiger partial charge in [-0.3, -0.25) is 0 Å². The van der Waals surface area contributed by atoms with Crippen molar-refractivity contribution >= 4 is 11.3 Å². The van der Waals surface area contributed by atoms with Crippen molar-refractivity contribution in [1.29, 1.82) is 0 Å². The molecule has 0 unspecified atom stereocenters. The first-order valence-corrected chi connectivity index (χ1v) is 4.45. The highest BCUT2D eigenvalue weighted by molar-refractivity contribution is 7.13. The number of hydrogen-bond acceptors (Lipinski definition) is 4. The van der Waals surface area contributed by atoms with Gasteiger partial charge in [-0.15, -0.1) is 0 Å². The average Bonchev–Trinajstić information content (AvgIpc) is 2.46. The maximum absolute atomic E-state index is 5.05. The fourth-order valence-electron chi connectivity index (χ4n) is 1.19. The second-order valence-electron chi connectivity index (χ2n) is 2.48. The van der Waals surface area contributed by atoms with Gasteiger partial charge in [0, 0.05) is 24.4 Å². The first-order chi connectivity index (χ1) is 5.40. The lowest BCUT2D eigenvalue weighted by atomic mass is 10.2. The number of nitrogens with zero attached hydrogens (tertiary/aromatic N) is 1. The zero-order chi connectivity index (χ0) is 7.68. The average molecular weight is 170 g/mol. The van der Waals surface area contributed by atoms with Crippen molar-refractivity contribution in [2.45, 2.75) is 13.0 Å². The highest BCUT2D eigenvalue weighted by Gasteiger charge is 2.14. The van der Waals surface area contributed by atoms with Crippen LogP contribution in [0.1, 0.15) is 10.6 Å². The maximum Gasteiger partial charge on any atom is 0.273 e. The molecule has 0 spiro atoms. The summed E-state index contributed by atoms with van der Waals surface area (Å²) in [6.07, 6.45) is 1.04. The third-order valence-electron chi connectivity index (χ3n) is 1.76. The Morgan fingerprint density at radius 2 is 2.55 bits per heavy atom. The lowest BCUT2D eigenvalue weighted by Gasteiger charge is -2.09. The molecule has 1 aliphatic rings. The first-order valence-electron chi connectivity index (χ1n) is 3.63. The Kier molecular flexibility index (Phi) is 1.79. The molecule has 1 aromatic heterocycles. The van der Waals surface area contributed by atoms with Crippen LogP contribution in [0.5, 0.6) is 5.19 Å². The van der Waals surface area contributed by atoms with Crippen LogP contribution in [-0.4, -0.2) is 18.6 Å². The zero-order valence-electron chi connectivity index (χ0n) is 6.39. The fourth-order valence-corrected chi connectivity index (χ4v) is 2.08. The van der Waals surface area contributed by atoms with E-state index in [0.717, 1.165) is 24.7 Å². The standard InChI is InChI=1S/C7H10N2OS/c1-10-7-9-5-2-3-8-4-6(5)11-7/h8H,2-4H2,1H3. The number of fused-ring (bicyclic) bond motifs is 1. The quantitative estimate of drug-likeness (QED) is 0.677. The molecule has 11 heavy (non-hydrogen) atoms. The number of hydrogen-bond donors (Lipinski definition) is 1. The van der Waals surface area contributed by atoms with Gasteiger partial charge in [0.1, 0.15) is 0 Å². The Hall–Kier alpha value is -0.610. The van der Waals surface area contributed by atoms with Crippen LogP contribution in [0, 0.1) is 0 Å². The fraction of sp³-hybridized carbons (Fsp3) is 0.571. The molecule has 2 rings (SSSR count). The lowest BCUT2D eigenvalue weighted by Crippen LogP contribution is -2.22. The van der Waals surface area contributed by atoms with Crippen molar-refractivity contribution in [3.05, 3.63) is 10.6 Å². The summed E-state index contributed by atoms with van der Waals surface area (Å²) in [6, 6.07) is 0. The summed E-state index contributed by atoms with van der Waals surface area (Å²) in [5, 5.41) is 4.08. The van der Waals surface area contributed by atoms with Crippen LogP contribution in [0.15, 0.2) is 0 Å². The van der Waals surface area contributed by atoms with Crippen LogP contribution in [0.25, 0.3) is 0 Å². The molecule has 0 bridgehead atoms.